The summed E-state index contributed by atoms with van der Waals surface area (Å²) in [7, 11) is 1.61. The van der Waals surface area contributed by atoms with E-state index in [1.807, 2.05) is 6.26 Å². The average Bonchev–Trinajstić information content (AvgIpc) is 2.56. The van der Waals surface area contributed by atoms with Gasteiger partial charge in [-0.3, -0.25) is 0 Å². The second-order valence-corrected chi connectivity index (χ2v) is 3.64. The third-order valence-corrected chi connectivity index (χ3v) is 2.79. The molecule has 5 heteroatoms. The molecule has 1 unspecified atom stereocenters. The predicted octanol–water partition coefficient (Wildman–Crippen LogP) is 2.03. The van der Waals surface area contributed by atoms with Crippen molar-refractivity contribution in [1.29, 1.82) is 0 Å². The predicted molar refractivity (Wildman–Crippen MR) is 51.6 cm³/mol. The number of nitrogens with zero attached hydrogens (tertiary/aromatic N) is 2. The lowest BCUT2D eigenvalue weighted by atomic mass is 10.3. The van der Waals surface area contributed by atoms with Crippen LogP contribution in [0.5, 0.6) is 0 Å². The highest BCUT2D eigenvalue weighted by Gasteiger charge is 2.15. The molecule has 0 aromatic carbocycles. The van der Waals surface area contributed by atoms with Crippen LogP contribution >= 0.6 is 11.8 Å². The highest BCUT2D eigenvalue weighted by Crippen LogP contribution is 2.28. The van der Waals surface area contributed by atoms with E-state index in [4.69, 9.17) is 9.15 Å². The Morgan fingerprint density at radius 2 is 2.31 bits per heavy atom. The molecule has 1 heterocycles. The van der Waals surface area contributed by atoms with E-state index in [0.29, 0.717) is 23.6 Å². The Hall–Kier alpha value is -0.550. The topological polar surface area (TPSA) is 48.2 Å². The maximum atomic E-state index is 5.40. The molecule has 0 bridgehead atoms. The highest BCUT2D eigenvalue weighted by atomic mass is 32.2. The summed E-state index contributed by atoms with van der Waals surface area (Å²) in [6.45, 7) is 2.49. The maximum Gasteiger partial charge on any atom is 0.242 e. The molecule has 0 aliphatic rings. The second-order valence-electron chi connectivity index (χ2n) is 2.60. The van der Waals surface area contributed by atoms with Crippen molar-refractivity contribution >= 4 is 11.8 Å². The van der Waals surface area contributed by atoms with Crippen LogP contribution in [0.15, 0.2) is 4.42 Å². The van der Waals surface area contributed by atoms with Crippen LogP contribution < -0.4 is 0 Å². The van der Waals surface area contributed by atoms with Crippen molar-refractivity contribution in [3.63, 3.8) is 0 Å². The fraction of sp³-hybridized carbons (Fsp3) is 0.750. The average molecular weight is 202 g/mol. The van der Waals surface area contributed by atoms with Crippen LogP contribution in [0, 0.1) is 0 Å². The van der Waals surface area contributed by atoms with E-state index in [0.717, 1.165) is 6.42 Å². The SMILES string of the molecule is CCC(SC)c1nnc(COC)o1. The van der Waals surface area contributed by atoms with Gasteiger partial charge in [0.1, 0.15) is 6.61 Å². The molecule has 0 spiro atoms. The van der Waals surface area contributed by atoms with Crippen molar-refractivity contribution in [3.8, 4) is 0 Å². The smallest absolute Gasteiger partial charge is 0.242 e. The van der Waals surface area contributed by atoms with Crippen molar-refractivity contribution in [2.75, 3.05) is 13.4 Å². The Balaban J connectivity index is 2.66. The summed E-state index contributed by atoms with van der Waals surface area (Å²) in [5, 5.41) is 8.13. The fourth-order valence-corrected chi connectivity index (χ4v) is 1.65. The minimum Gasteiger partial charge on any atom is -0.422 e. The van der Waals surface area contributed by atoms with E-state index in [-0.39, 0.29) is 0 Å². The summed E-state index contributed by atoms with van der Waals surface area (Å²) in [5.41, 5.74) is 0. The molecule has 74 valence electrons. The number of aromatic nitrogens is 2. The summed E-state index contributed by atoms with van der Waals surface area (Å²) in [5.74, 6) is 1.24. The molecule has 0 fully saturated rings. The van der Waals surface area contributed by atoms with E-state index in [9.17, 15) is 0 Å². The lowest BCUT2D eigenvalue weighted by molar-refractivity contribution is 0.158. The van der Waals surface area contributed by atoms with Gasteiger partial charge in [-0.2, -0.15) is 11.8 Å². The van der Waals surface area contributed by atoms with Gasteiger partial charge in [-0.05, 0) is 12.7 Å². The molecule has 0 saturated carbocycles. The largest absolute Gasteiger partial charge is 0.422 e. The van der Waals surface area contributed by atoms with Gasteiger partial charge in [0.15, 0.2) is 0 Å². The Morgan fingerprint density at radius 1 is 1.54 bits per heavy atom. The number of methoxy groups -OCH3 is 1. The highest BCUT2D eigenvalue weighted by molar-refractivity contribution is 7.98. The monoisotopic (exact) mass is 202 g/mol. The minimum absolute atomic E-state index is 0.304. The van der Waals surface area contributed by atoms with Crippen LogP contribution in [0.3, 0.4) is 0 Å². The minimum atomic E-state index is 0.304. The van der Waals surface area contributed by atoms with Gasteiger partial charge in [-0.25, -0.2) is 0 Å². The Kier molecular flexibility index (Phi) is 4.24. The summed E-state index contributed by atoms with van der Waals surface area (Å²) >= 11 is 1.72. The zero-order valence-electron chi connectivity index (χ0n) is 8.11. The maximum absolute atomic E-state index is 5.40. The molecular weight excluding hydrogens is 188 g/mol. The van der Waals surface area contributed by atoms with Crippen LogP contribution in [0.1, 0.15) is 30.4 Å². The van der Waals surface area contributed by atoms with Crippen LogP contribution in [0.2, 0.25) is 0 Å². The molecule has 0 aliphatic heterocycles. The Bertz CT molecular complexity index is 248. The third kappa shape index (κ3) is 2.70. The molecule has 13 heavy (non-hydrogen) atoms. The standard InChI is InChI=1S/C8H14N2O2S/c1-4-6(13-3)8-10-9-7(12-8)5-11-2/h6H,4-5H2,1-3H3. The Labute approximate surface area is 82.1 Å². The quantitative estimate of drug-likeness (QED) is 0.731. The molecule has 0 radical (unpaired) electrons. The van der Waals surface area contributed by atoms with E-state index in [1.165, 1.54) is 0 Å². The van der Waals surface area contributed by atoms with Gasteiger partial charge < -0.3 is 9.15 Å². The summed E-state index contributed by atoms with van der Waals surface area (Å²) in [6.07, 6.45) is 3.03. The van der Waals surface area contributed by atoms with Crippen LogP contribution in [0.25, 0.3) is 0 Å². The molecule has 1 aromatic rings. The normalized spacial score (nSPS) is 13.2. The molecule has 0 N–H and O–H groups in total. The van der Waals surface area contributed by atoms with Crippen LogP contribution in [-0.2, 0) is 11.3 Å². The van der Waals surface area contributed by atoms with Gasteiger partial charge in [0.05, 0.1) is 5.25 Å². The van der Waals surface area contributed by atoms with Gasteiger partial charge in [0.25, 0.3) is 0 Å². The fourth-order valence-electron chi connectivity index (χ4n) is 1.02. The van der Waals surface area contributed by atoms with Crippen LogP contribution in [0.4, 0.5) is 0 Å². The lowest BCUT2D eigenvalue weighted by Gasteiger charge is -2.04. The summed E-state index contributed by atoms with van der Waals surface area (Å²) in [6, 6.07) is 0. The van der Waals surface area contributed by atoms with Gasteiger partial charge in [-0.1, -0.05) is 6.92 Å². The zero-order chi connectivity index (χ0) is 9.68. The van der Waals surface area contributed by atoms with E-state index < -0.39 is 0 Å². The first-order chi connectivity index (χ1) is 6.31. The number of hydrogen-bond acceptors (Lipinski definition) is 5. The van der Waals surface area contributed by atoms with E-state index >= 15 is 0 Å². The van der Waals surface area contributed by atoms with Crippen molar-refractivity contribution in [3.05, 3.63) is 11.8 Å². The van der Waals surface area contributed by atoms with Gasteiger partial charge >= 0.3 is 0 Å². The van der Waals surface area contributed by atoms with Crippen molar-refractivity contribution < 1.29 is 9.15 Å². The van der Waals surface area contributed by atoms with Crippen molar-refractivity contribution in [1.82, 2.24) is 10.2 Å². The zero-order valence-corrected chi connectivity index (χ0v) is 8.93. The van der Waals surface area contributed by atoms with Gasteiger partial charge in [0.2, 0.25) is 11.8 Å². The molecule has 0 aliphatic carbocycles. The van der Waals surface area contributed by atoms with E-state index in [2.05, 4.69) is 17.1 Å². The third-order valence-electron chi connectivity index (χ3n) is 1.68. The van der Waals surface area contributed by atoms with Gasteiger partial charge in [-0.15, -0.1) is 10.2 Å². The van der Waals surface area contributed by atoms with Crippen molar-refractivity contribution in [2.24, 2.45) is 0 Å². The van der Waals surface area contributed by atoms with E-state index in [1.54, 1.807) is 18.9 Å². The number of rotatable bonds is 5. The molecule has 0 amide bonds. The number of ether oxygens (including phenoxy) is 1. The van der Waals surface area contributed by atoms with Gasteiger partial charge in [0, 0.05) is 7.11 Å². The first-order valence-electron chi connectivity index (χ1n) is 4.15. The summed E-state index contributed by atoms with van der Waals surface area (Å²) < 4.78 is 10.3. The first-order valence-corrected chi connectivity index (χ1v) is 5.44. The summed E-state index contributed by atoms with van der Waals surface area (Å²) in [4.78, 5) is 0. The lowest BCUT2D eigenvalue weighted by Crippen LogP contribution is -1.90. The molecule has 4 nitrogen and oxygen atoms in total. The molecule has 1 aromatic heterocycles. The van der Waals surface area contributed by atoms with Crippen LogP contribution in [-0.4, -0.2) is 23.6 Å². The molecular formula is C8H14N2O2S. The second kappa shape index (κ2) is 5.24. The van der Waals surface area contributed by atoms with Crippen molar-refractivity contribution in [2.45, 2.75) is 25.2 Å². The Morgan fingerprint density at radius 3 is 2.85 bits per heavy atom. The molecule has 1 rings (SSSR count). The number of hydrogen-bond donors (Lipinski definition) is 0. The molecule has 0 saturated heterocycles. The first kappa shape index (κ1) is 10.5. The number of thioether (sulfide) groups is 1. The molecule has 1 atom stereocenters.